The molecule has 0 fully saturated rings. The number of aromatic nitrogens is 1. The molecule has 0 radical (unpaired) electrons. The molecule has 2 rings (SSSR count). The van der Waals surface area contributed by atoms with Gasteiger partial charge >= 0.3 is 0 Å². The Balaban J connectivity index is 1.88. The van der Waals surface area contributed by atoms with Crippen LogP contribution in [0.5, 0.6) is 0 Å². The highest BCUT2D eigenvalue weighted by molar-refractivity contribution is 8.00. The minimum Gasteiger partial charge on any atom is -0.362 e. The van der Waals surface area contributed by atoms with Gasteiger partial charge in [0.1, 0.15) is 0 Å². The van der Waals surface area contributed by atoms with Gasteiger partial charge in [-0.15, -0.1) is 34.4 Å². The van der Waals surface area contributed by atoms with E-state index in [0.717, 1.165) is 17.4 Å². The predicted molar refractivity (Wildman–Crippen MR) is 70.2 cm³/mol. The first-order valence-electron chi connectivity index (χ1n) is 4.73. The molecular weight excluding hydrogens is 244 g/mol. The summed E-state index contributed by atoms with van der Waals surface area (Å²) in [5.74, 6) is 1.02. The summed E-state index contributed by atoms with van der Waals surface area (Å²) in [6.45, 7) is 3.02. The Bertz CT molecular complexity index is 394. The molecule has 15 heavy (non-hydrogen) atoms. The third kappa shape index (κ3) is 3.22. The van der Waals surface area contributed by atoms with Crippen LogP contribution in [-0.2, 0) is 5.75 Å². The van der Waals surface area contributed by atoms with Crippen LogP contribution < -0.4 is 5.32 Å². The molecule has 2 heterocycles. The quantitative estimate of drug-likeness (QED) is 0.821. The first-order chi connectivity index (χ1) is 7.38. The van der Waals surface area contributed by atoms with E-state index in [0.29, 0.717) is 0 Å². The van der Waals surface area contributed by atoms with E-state index in [1.54, 1.807) is 22.7 Å². The van der Waals surface area contributed by atoms with Crippen molar-refractivity contribution in [3.8, 4) is 0 Å². The fraction of sp³-hybridized carbons (Fsp3) is 0.300. The van der Waals surface area contributed by atoms with E-state index in [9.17, 15) is 0 Å². The lowest BCUT2D eigenvalue weighted by molar-refractivity contribution is 1.19. The molecule has 0 unspecified atom stereocenters. The first kappa shape index (κ1) is 11.0. The molecule has 0 aliphatic heterocycles. The molecule has 0 amide bonds. The standard InChI is InChI=1S/C10H12N2S3/c1-2-11-10-12-6-8(15-10)7-14-9-4-3-5-13-9/h3-6H,2,7H2,1H3,(H,11,12). The van der Waals surface area contributed by atoms with Crippen LogP contribution in [0.15, 0.2) is 27.9 Å². The van der Waals surface area contributed by atoms with E-state index in [1.807, 2.05) is 18.0 Å². The van der Waals surface area contributed by atoms with Crippen molar-refractivity contribution in [2.45, 2.75) is 16.9 Å². The molecule has 0 saturated heterocycles. The zero-order valence-corrected chi connectivity index (χ0v) is 10.8. The van der Waals surface area contributed by atoms with E-state index < -0.39 is 0 Å². The molecular formula is C10H12N2S3. The summed E-state index contributed by atoms with van der Waals surface area (Å²) in [5.41, 5.74) is 0. The van der Waals surface area contributed by atoms with Crippen molar-refractivity contribution in [3.05, 3.63) is 28.6 Å². The van der Waals surface area contributed by atoms with Gasteiger partial charge in [0.15, 0.2) is 5.13 Å². The third-order valence-corrected chi connectivity index (χ3v) is 5.05. The normalized spacial score (nSPS) is 10.5. The second-order valence-electron chi connectivity index (χ2n) is 2.88. The molecule has 5 heteroatoms. The van der Waals surface area contributed by atoms with Crippen molar-refractivity contribution in [1.29, 1.82) is 0 Å². The van der Waals surface area contributed by atoms with E-state index in [2.05, 4.69) is 34.7 Å². The van der Waals surface area contributed by atoms with E-state index >= 15 is 0 Å². The number of anilines is 1. The zero-order valence-electron chi connectivity index (χ0n) is 8.40. The Morgan fingerprint density at radius 3 is 3.20 bits per heavy atom. The number of thiazole rings is 1. The van der Waals surface area contributed by atoms with Gasteiger partial charge in [-0.25, -0.2) is 4.98 Å². The smallest absolute Gasteiger partial charge is 0.182 e. The molecule has 0 saturated carbocycles. The maximum absolute atomic E-state index is 4.30. The van der Waals surface area contributed by atoms with Crippen LogP contribution in [0.4, 0.5) is 5.13 Å². The van der Waals surface area contributed by atoms with Crippen LogP contribution in [0.2, 0.25) is 0 Å². The molecule has 0 aliphatic rings. The van der Waals surface area contributed by atoms with Gasteiger partial charge in [-0.1, -0.05) is 6.07 Å². The minimum absolute atomic E-state index is 0.936. The summed E-state index contributed by atoms with van der Waals surface area (Å²) in [5, 5.41) is 6.36. The van der Waals surface area contributed by atoms with Gasteiger partial charge in [-0.2, -0.15) is 0 Å². The van der Waals surface area contributed by atoms with Crippen LogP contribution in [0.3, 0.4) is 0 Å². The molecule has 0 aliphatic carbocycles. The van der Waals surface area contributed by atoms with Gasteiger partial charge in [0, 0.05) is 23.4 Å². The van der Waals surface area contributed by atoms with Crippen molar-refractivity contribution >= 4 is 39.6 Å². The summed E-state index contributed by atoms with van der Waals surface area (Å²) in [7, 11) is 0. The minimum atomic E-state index is 0.936. The van der Waals surface area contributed by atoms with Crippen LogP contribution in [0.25, 0.3) is 0 Å². The van der Waals surface area contributed by atoms with Gasteiger partial charge in [-0.05, 0) is 18.4 Å². The molecule has 0 aromatic carbocycles. The van der Waals surface area contributed by atoms with Crippen LogP contribution >= 0.6 is 34.4 Å². The van der Waals surface area contributed by atoms with Crippen LogP contribution in [0.1, 0.15) is 11.8 Å². The average Bonchev–Trinajstić information content (AvgIpc) is 2.85. The lowest BCUT2D eigenvalue weighted by Gasteiger charge is -1.94. The van der Waals surface area contributed by atoms with Crippen LogP contribution in [-0.4, -0.2) is 11.5 Å². The summed E-state index contributed by atoms with van der Waals surface area (Å²) in [6.07, 6.45) is 1.96. The largest absolute Gasteiger partial charge is 0.362 e. The fourth-order valence-corrected chi connectivity index (χ4v) is 3.78. The monoisotopic (exact) mass is 256 g/mol. The van der Waals surface area contributed by atoms with Crippen molar-refractivity contribution in [2.24, 2.45) is 0 Å². The Hall–Kier alpha value is -0.520. The zero-order chi connectivity index (χ0) is 10.5. The number of rotatable bonds is 5. The molecule has 2 nitrogen and oxygen atoms in total. The number of thiophene rings is 1. The highest BCUT2D eigenvalue weighted by Crippen LogP contribution is 2.29. The van der Waals surface area contributed by atoms with E-state index in [4.69, 9.17) is 0 Å². The average molecular weight is 256 g/mol. The highest BCUT2D eigenvalue weighted by atomic mass is 32.2. The van der Waals surface area contributed by atoms with Gasteiger partial charge in [0.2, 0.25) is 0 Å². The Morgan fingerprint density at radius 1 is 1.53 bits per heavy atom. The maximum Gasteiger partial charge on any atom is 0.182 e. The topological polar surface area (TPSA) is 24.9 Å². The summed E-state index contributed by atoms with van der Waals surface area (Å²) < 4.78 is 1.37. The number of nitrogens with zero attached hydrogens (tertiary/aromatic N) is 1. The number of thioether (sulfide) groups is 1. The Kier molecular flexibility index (Phi) is 4.05. The summed E-state index contributed by atoms with van der Waals surface area (Å²) in [6, 6.07) is 4.24. The van der Waals surface area contributed by atoms with Crippen molar-refractivity contribution in [1.82, 2.24) is 4.98 Å². The molecule has 2 aromatic rings. The predicted octanol–water partition coefficient (Wildman–Crippen LogP) is 3.93. The SMILES string of the molecule is CCNc1ncc(CSc2cccs2)s1. The van der Waals surface area contributed by atoms with Crippen molar-refractivity contribution < 1.29 is 0 Å². The number of hydrogen-bond acceptors (Lipinski definition) is 5. The van der Waals surface area contributed by atoms with Gasteiger partial charge in [-0.3, -0.25) is 0 Å². The molecule has 0 bridgehead atoms. The van der Waals surface area contributed by atoms with Crippen molar-refractivity contribution in [2.75, 3.05) is 11.9 Å². The lowest BCUT2D eigenvalue weighted by Crippen LogP contribution is -1.94. The molecule has 0 atom stereocenters. The molecule has 80 valence electrons. The number of hydrogen-bond donors (Lipinski definition) is 1. The first-order valence-corrected chi connectivity index (χ1v) is 7.41. The van der Waals surface area contributed by atoms with Crippen LogP contribution in [0, 0.1) is 0 Å². The Morgan fingerprint density at radius 2 is 2.47 bits per heavy atom. The molecule has 0 spiro atoms. The number of nitrogens with one attached hydrogen (secondary N) is 1. The lowest BCUT2D eigenvalue weighted by atomic mass is 10.6. The van der Waals surface area contributed by atoms with Gasteiger partial charge in [0.05, 0.1) is 4.21 Å². The van der Waals surface area contributed by atoms with Crippen molar-refractivity contribution in [3.63, 3.8) is 0 Å². The van der Waals surface area contributed by atoms with E-state index in [1.165, 1.54) is 9.09 Å². The van der Waals surface area contributed by atoms with Gasteiger partial charge in [0.25, 0.3) is 0 Å². The maximum atomic E-state index is 4.30. The second-order valence-corrected chi connectivity index (χ2v) is 6.22. The molecule has 1 N–H and O–H groups in total. The summed E-state index contributed by atoms with van der Waals surface area (Å²) >= 11 is 5.40. The highest BCUT2D eigenvalue weighted by Gasteiger charge is 2.02. The summed E-state index contributed by atoms with van der Waals surface area (Å²) in [4.78, 5) is 5.63. The van der Waals surface area contributed by atoms with E-state index in [-0.39, 0.29) is 0 Å². The fourth-order valence-electron chi connectivity index (χ4n) is 1.10. The third-order valence-electron chi connectivity index (χ3n) is 1.73. The molecule has 2 aromatic heterocycles. The second kappa shape index (κ2) is 5.53. The van der Waals surface area contributed by atoms with Gasteiger partial charge < -0.3 is 5.32 Å². The Labute approximate surface area is 102 Å².